The van der Waals surface area contributed by atoms with Crippen LogP contribution in [0.2, 0.25) is 0 Å². The maximum atomic E-state index is 12.3. The molecule has 2 amide bonds. The van der Waals surface area contributed by atoms with Gasteiger partial charge in [0.05, 0.1) is 11.1 Å². The number of nitrogens with zero attached hydrogens (tertiary/aromatic N) is 5. The van der Waals surface area contributed by atoms with Gasteiger partial charge in [0.1, 0.15) is 28.2 Å². The Morgan fingerprint density at radius 2 is 1.73 bits per heavy atom. The monoisotopic (exact) mass is 462 g/mol. The predicted molar refractivity (Wildman–Crippen MR) is 122 cm³/mol. The van der Waals surface area contributed by atoms with Crippen LogP contribution in [-0.2, 0) is 4.79 Å². The first kappa shape index (κ1) is 22.4. The van der Waals surface area contributed by atoms with E-state index in [1.165, 1.54) is 4.90 Å². The van der Waals surface area contributed by atoms with Crippen LogP contribution in [0.15, 0.2) is 35.4 Å². The lowest BCUT2D eigenvalue weighted by atomic mass is 9.99. The van der Waals surface area contributed by atoms with E-state index in [4.69, 9.17) is 10.7 Å². The van der Waals surface area contributed by atoms with Gasteiger partial charge in [-0.15, -0.1) is 0 Å². The summed E-state index contributed by atoms with van der Waals surface area (Å²) in [4.78, 5) is 31.5. The zero-order valence-electron chi connectivity index (χ0n) is 17.8. The third-order valence-electron chi connectivity index (χ3n) is 5.83. The van der Waals surface area contributed by atoms with Gasteiger partial charge in [0.15, 0.2) is 0 Å². The van der Waals surface area contributed by atoms with Gasteiger partial charge in [-0.2, -0.15) is 10.5 Å². The lowest BCUT2D eigenvalue weighted by molar-refractivity contribution is -0.117. The topological polar surface area (TPSA) is 147 Å². The molecule has 2 aliphatic rings. The van der Waals surface area contributed by atoms with Gasteiger partial charge < -0.3 is 20.6 Å². The van der Waals surface area contributed by atoms with Gasteiger partial charge in [-0.05, 0) is 29.9 Å². The summed E-state index contributed by atoms with van der Waals surface area (Å²) in [6.45, 7) is 1.34. The summed E-state index contributed by atoms with van der Waals surface area (Å²) >= 11 is 1.11. The van der Waals surface area contributed by atoms with Crippen molar-refractivity contribution in [1.82, 2.24) is 9.88 Å². The van der Waals surface area contributed by atoms with Gasteiger partial charge in [0.25, 0.3) is 0 Å². The highest BCUT2D eigenvalue weighted by atomic mass is 32.2. The summed E-state index contributed by atoms with van der Waals surface area (Å²) in [5, 5.41) is 28.9. The Balaban J connectivity index is 1.79. The normalized spacial score (nSPS) is 16.5. The fraction of sp³-hybridized carbons (Fsp3) is 0.348. The summed E-state index contributed by atoms with van der Waals surface area (Å²) in [6.07, 6.45) is 0.772. The van der Waals surface area contributed by atoms with Crippen molar-refractivity contribution >= 4 is 29.6 Å². The Morgan fingerprint density at radius 1 is 1.09 bits per heavy atom. The molecule has 0 radical (unpaired) electrons. The number of nitrogens with two attached hydrogens (primary N) is 1. The number of piperazine rings is 1. The number of benzene rings is 1. The fourth-order valence-electron chi connectivity index (χ4n) is 4.02. The minimum atomic E-state index is -0.981. The first-order valence-electron chi connectivity index (χ1n) is 10.6. The van der Waals surface area contributed by atoms with Crippen LogP contribution in [0.25, 0.3) is 0 Å². The number of thioether (sulfide) groups is 1. The molecule has 1 aliphatic carbocycles. The van der Waals surface area contributed by atoms with Crippen molar-refractivity contribution in [2.45, 2.75) is 29.0 Å². The number of hydrogen-bond donors (Lipinski definition) is 2. The number of aromatic nitrogens is 1. The van der Waals surface area contributed by atoms with Gasteiger partial charge in [0, 0.05) is 26.2 Å². The van der Waals surface area contributed by atoms with E-state index in [0.29, 0.717) is 46.2 Å². The third kappa shape index (κ3) is 4.57. The van der Waals surface area contributed by atoms with E-state index < -0.39 is 17.3 Å². The lowest BCUT2D eigenvalue weighted by Crippen LogP contribution is -2.48. The molecule has 0 spiro atoms. The minimum absolute atomic E-state index is 0.0967. The molecule has 4 rings (SSSR count). The summed E-state index contributed by atoms with van der Waals surface area (Å²) in [5.41, 5.74) is 7.75. The number of rotatable bonds is 6. The highest BCUT2D eigenvalue weighted by Gasteiger charge is 2.36. The van der Waals surface area contributed by atoms with E-state index in [1.54, 1.807) is 12.1 Å². The highest BCUT2D eigenvalue weighted by molar-refractivity contribution is 8.00. The SMILES string of the molecule is N#Cc1c(SC(C(N)=O)c2ccccc2)nc(N2CCN(C(=O)O)CC2)c(C#N)c1C1CC1. The standard InChI is InChI=1S/C23H22N6O3S/c24-12-16-18(14-6-7-14)17(13-25)22(33-19(20(26)30)15-4-2-1-3-5-15)27-21(16)28-8-10-29(11-9-28)23(31)32/h1-5,14,19H,6-11H2,(H2,26,30)(H,31,32). The summed E-state index contributed by atoms with van der Waals surface area (Å²) in [6, 6.07) is 13.5. The maximum absolute atomic E-state index is 12.3. The molecule has 2 aromatic rings. The molecule has 2 fully saturated rings. The maximum Gasteiger partial charge on any atom is 0.407 e. The molecular formula is C23H22N6O3S. The van der Waals surface area contributed by atoms with Crippen LogP contribution in [0.5, 0.6) is 0 Å². The number of pyridine rings is 1. The Bertz CT molecular complexity index is 1160. The third-order valence-corrected chi connectivity index (χ3v) is 7.09. The Labute approximate surface area is 195 Å². The zero-order chi connectivity index (χ0) is 23.5. The van der Waals surface area contributed by atoms with E-state index in [2.05, 4.69) is 12.1 Å². The smallest absolute Gasteiger partial charge is 0.407 e. The van der Waals surface area contributed by atoms with Crippen molar-refractivity contribution in [3.8, 4) is 12.1 Å². The van der Waals surface area contributed by atoms with Gasteiger partial charge in [-0.3, -0.25) is 4.79 Å². The average Bonchev–Trinajstić information content (AvgIpc) is 3.67. The number of hydrogen-bond acceptors (Lipinski definition) is 7. The van der Waals surface area contributed by atoms with Crippen LogP contribution < -0.4 is 10.6 Å². The largest absolute Gasteiger partial charge is 0.465 e. The molecule has 1 saturated heterocycles. The molecule has 1 atom stereocenters. The minimum Gasteiger partial charge on any atom is -0.465 e. The van der Waals surface area contributed by atoms with Crippen LogP contribution in [-0.4, -0.2) is 53.2 Å². The summed E-state index contributed by atoms with van der Waals surface area (Å²) < 4.78 is 0. The Hall–Kier alpha value is -3.76. The first-order chi connectivity index (χ1) is 15.9. The van der Waals surface area contributed by atoms with Crippen LogP contribution >= 0.6 is 11.8 Å². The second kappa shape index (κ2) is 9.39. The number of carboxylic acid groups (broad SMARTS) is 1. The number of anilines is 1. The molecule has 2 heterocycles. The van der Waals surface area contributed by atoms with Crippen LogP contribution in [0, 0.1) is 22.7 Å². The van der Waals surface area contributed by atoms with E-state index >= 15 is 0 Å². The van der Waals surface area contributed by atoms with Crippen molar-refractivity contribution in [2.24, 2.45) is 5.73 Å². The fourth-order valence-corrected chi connectivity index (χ4v) is 5.07. The van der Waals surface area contributed by atoms with Crippen LogP contribution in [0.1, 0.15) is 46.3 Å². The molecule has 10 heteroatoms. The Morgan fingerprint density at radius 3 is 2.24 bits per heavy atom. The van der Waals surface area contributed by atoms with Crippen LogP contribution in [0.4, 0.5) is 10.6 Å². The number of primary amides is 1. The quantitative estimate of drug-likeness (QED) is 0.623. The van der Waals surface area contributed by atoms with Crippen LogP contribution in [0.3, 0.4) is 0 Å². The summed E-state index contributed by atoms with van der Waals surface area (Å²) in [5.74, 6) is -0.0208. The summed E-state index contributed by atoms with van der Waals surface area (Å²) in [7, 11) is 0. The van der Waals surface area contributed by atoms with Gasteiger partial charge >= 0.3 is 6.09 Å². The van der Waals surface area contributed by atoms with E-state index in [-0.39, 0.29) is 19.0 Å². The van der Waals surface area contributed by atoms with Crippen molar-refractivity contribution < 1.29 is 14.7 Å². The number of nitriles is 2. The van der Waals surface area contributed by atoms with E-state index in [1.807, 2.05) is 23.1 Å². The molecule has 3 N–H and O–H groups in total. The van der Waals surface area contributed by atoms with Gasteiger partial charge in [-0.1, -0.05) is 42.1 Å². The van der Waals surface area contributed by atoms with Crippen molar-refractivity contribution in [2.75, 3.05) is 31.1 Å². The molecule has 9 nitrogen and oxygen atoms in total. The number of carbonyl (C=O) groups excluding carboxylic acids is 1. The van der Waals surface area contributed by atoms with Crippen molar-refractivity contribution in [3.05, 3.63) is 52.6 Å². The predicted octanol–water partition coefficient (Wildman–Crippen LogP) is 2.82. The van der Waals surface area contributed by atoms with E-state index in [0.717, 1.165) is 24.6 Å². The zero-order valence-corrected chi connectivity index (χ0v) is 18.6. The molecule has 1 aromatic heterocycles. The van der Waals surface area contributed by atoms with Crippen molar-refractivity contribution in [1.29, 1.82) is 10.5 Å². The van der Waals surface area contributed by atoms with E-state index in [9.17, 15) is 25.2 Å². The highest BCUT2D eigenvalue weighted by Crippen LogP contribution is 2.48. The second-order valence-electron chi connectivity index (χ2n) is 7.97. The molecule has 1 aliphatic heterocycles. The number of amides is 2. The van der Waals surface area contributed by atoms with Gasteiger partial charge in [-0.25, -0.2) is 9.78 Å². The Kier molecular flexibility index (Phi) is 6.38. The molecule has 1 unspecified atom stereocenters. The molecule has 1 saturated carbocycles. The molecule has 168 valence electrons. The average molecular weight is 463 g/mol. The first-order valence-corrected chi connectivity index (χ1v) is 11.4. The lowest BCUT2D eigenvalue weighted by Gasteiger charge is -2.35. The molecule has 33 heavy (non-hydrogen) atoms. The number of carbonyl (C=O) groups is 2. The molecule has 0 bridgehead atoms. The van der Waals surface area contributed by atoms with Gasteiger partial charge in [0.2, 0.25) is 5.91 Å². The molecular weight excluding hydrogens is 440 g/mol. The van der Waals surface area contributed by atoms with Crippen molar-refractivity contribution in [3.63, 3.8) is 0 Å². The molecule has 1 aromatic carbocycles. The second-order valence-corrected chi connectivity index (χ2v) is 9.06.